The van der Waals surface area contributed by atoms with Crippen molar-refractivity contribution in [2.45, 2.75) is 32.2 Å². The monoisotopic (exact) mass is 189 g/mol. The molecule has 1 aromatic carbocycles. The molecule has 0 fully saturated rings. The van der Waals surface area contributed by atoms with Crippen LogP contribution in [0.25, 0.3) is 0 Å². The van der Waals surface area contributed by atoms with Crippen molar-refractivity contribution in [2.24, 2.45) is 5.73 Å². The molecule has 2 nitrogen and oxygen atoms in total. The number of hydrogen-bond acceptors (Lipinski definition) is 2. The number of carbonyl (C=O) groups excluding carboxylic acids is 1. The van der Waals surface area contributed by atoms with E-state index in [1.165, 1.54) is 5.56 Å². The third-order valence-electron chi connectivity index (χ3n) is 2.91. The predicted octanol–water partition coefficient (Wildman–Crippen LogP) is 2.23. The molecule has 2 N–H and O–H groups in total. The van der Waals surface area contributed by atoms with E-state index in [2.05, 4.69) is 13.0 Å². The number of Topliss-reactive ketones (excluding diaryl/α,β-unsaturated/α-hetero) is 1. The van der Waals surface area contributed by atoms with Crippen LogP contribution in [0.1, 0.15) is 47.3 Å². The summed E-state index contributed by atoms with van der Waals surface area (Å²) in [5, 5.41) is 0. The molecule has 1 aromatic rings. The average Bonchev–Trinajstić information content (AvgIpc) is 2.23. The highest BCUT2D eigenvalue weighted by Gasteiger charge is 2.22. The molecule has 74 valence electrons. The normalized spacial score (nSPS) is 20.7. The van der Waals surface area contributed by atoms with Crippen molar-refractivity contribution in [3.8, 4) is 0 Å². The van der Waals surface area contributed by atoms with Gasteiger partial charge < -0.3 is 5.73 Å². The van der Waals surface area contributed by atoms with Gasteiger partial charge in [-0.15, -0.1) is 0 Å². The number of carbonyl (C=O) groups is 1. The highest BCUT2D eigenvalue weighted by molar-refractivity contribution is 5.98. The minimum atomic E-state index is 0.0502. The van der Waals surface area contributed by atoms with Gasteiger partial charge >= 0.3 is 0 Å². The molecule has 2 rings (SSSR count). The number of nitrogens with two attached hydrogens (primary N) is 1. The molecule has 0 saturated carbocycles. The van der Waals surface area contributed by atoms with Crippen molar-refractivity contribution >= 4 is 5.78 Å². The van der Waals surface area contributed by atoms with Crippen LogP contribution in [0.5, 0.6) is 0 Å². The maximum Gasteiger partial charge on any atom is 0.163 e. The molecule has 0 spiro atoms. The molecule has 0 amide bonds. The van der Waals surface area contributed by atoms with E-state index in [4.69, 9.17) is 5.73 Å². The molecule has 0 bridgehead atoms. The van der Waals surface area contributed by atoms with Gasteiger partial charge in [-0.05, 0) is 24.0 Å². The number of fused-ring (bicyclic) bond motifs is 1. The Morgan fingerprint density at radius 1 is 1.50 bits per heavy atom. The van der Waals surface area contributed by atoms with E-state index in [-0.39, 0.29) is 11.8 Å². The fraction of sp³-hybridized carbons (Fsp3) is 0.417. The molecule has 2 heteroatoms. The molecular formula is C12H15NO. The smallest absolute Gasteiger partial charge is 0.163 e. The second-order valence-electron chi connectivity index (χ2n) is 3.84. The minimum Gasteiger partial charge on any atom is -0.324 e. The Morgan fingerprint density at radius 2 is 2.29 bits per heavy atom. The van der Waals surface area contributed by atoms with E-state index in [9.17, 15) is 4.79 Å². The van der Waals surface area contributed by atoms with Crippen molar-refractivity contribution in [1.29, 1.82) is 0 Å². The van der Waals surface area contributed by atoms with E-state index < -0.39 is 0 Å². The summed E-state index contributed by atoms with van der Waals surface area (Å²) in [6.07, 6.45) is 2.38. The Bertz CT molecular complexity index is 371. The molecule has 0 saturated heterocycles. The zero-order valence-electron chi connectivity index (χ0n) is 8.42. The number of benzene rings is 1. The van der Waals surface area contributed by atoms with E-state index in [1.807, 2.05) is 12.1 Å². The van der Waals surface area contributed by atoms with Crippen LogP contribution < -0.4 is 5.73 Å². The third-order valence-corrected chi connectivity index (χ3v) is 2.91. The first kappa shape index (κ1) is 9.41. The summed E-state index contributed by atoms with van der Waals surface area (Å²) < 4.78 is 0. The fourth-order valence-corrected chi connectivity index (χ4v) is 1.97. The second-order valence-corrected chi connectivity index (χ2v) is 3.84. The lowest BCUT2D eigenvalue weighted by Crippen LogP contribution is -2.21. The summed E-state index contributed by atoms with van der Waals surface area (Å²) in [6, 6.07) is 6.08. The van der Waals surface area contributed by atoms with Crippen LogP contribution in [0.2, 0.25) is 0 Å². The van der Waals surface area contributed by atoms with Gasteiger partial charge in [-0.25, -0.2) is 0 Å². The Balaban J connectivity index is 2.50. The molecule has 1 aliphatic carbocycles. The third kappa shape index (κ3) is 1.46. The van der Waals surface area contributed by atoms with Gasteiger partial charge in [0, 0.05) is 18.0 Å². The van der Waals surface area contributed by atoms with Crippen molar-refractivity contribution in [1.82, 2.24) is 0 Å². The number of ketones is 1. The van der Waals surface area contributed by atoms with Crippen LogP contribution in [0, 0.1) is 0 Å². The zero-order valence-corrected chi connectivity index (χ0v) is 8.42. The summed E-state index contributed by atoms with van der Waals surface area (Å²) >= 11 is 0. The van der Waals surface area contributed by atoms with Gasteiger partial charge in [0.25, 0.3) is 0 Å². The molecule has 1 unspecified atom stereocenters. The van der Waals surface area contributed by atoms with Crippen LogP contribution in [-0.2, 0) is 6.42 Å². The highest BCUT2D eigenvalue weighted by Crippen LogP contribution is 2.28. The van der Waals surface area contributed by atoms with E-state index in [1.54, 1.807) is 0 Å². The zero-order chi connectivity index (χ0) is 10.1. The molecular weight excluding hydrogens is 174 g/mol. The van der Waals surface area contributed by atoms with Crippen LogP contribution in [0.15, 0.2) is 18.2 Å². The van der Waals surface area contributed by atoms with Gasteiger partial charge in [0.15, 0.2) is 5.78 Å². The van der Waals surface area contributed by atoms with Crippen molar-refractivity contribution in [3.05, 3.63) is 34.9 Å². The number of rotatable bonds is 1. The van der Waals surface area contributed by atoms with Gasteiger partial charge in [0.2, 0.25) is 0 Å². The summed E-state index contributed by atoms with van der Waals surface area (Å²) in [4.78, 5) is 11.6. The van der Waals surface area contributed by atoms with E-state index >= 15 is 0 Å². The average molecular weight is 189 g/mol. The molecule has 0 aliphatic heterocycles. The van der Waals surface area contributed by atoms with Gasteiger partial charge in [0.1, 0.15) is 0 Å². The summed E-state index contributed by atoms with van der Waals surface area (Å²) in [6.45, 7) is 2.11. The predicted molar refractivity (Wildman–Crippen MR) is 56.3 cm³/mol. The van der Waals surface area contributed by atoms with Crippen LogP contribution >= 0.6 is 0 Å². The van der Waals surface area contributed by atoms with Crippen LogP contribution in [0.4, 0.5) is 0 Å². The van der Waals surface area contributed by atoms with Crippen molar-refractivity contribution < 1.29 is 4.79 Å². The van der Waals surface area contributed by atoms with Crippen molar-refractivity contribution in [3.63, 3.8) is 0 Å². The molecule has 0 radical (unpaired) electrons. The quantitative estimate of drug-likeness (QED) is 0.736. The Labute approximate surface area is 84.1 Å². The first-order valence-electron chi connectivity index (χ1n) is 5.14. The van der Waals surface area contributed by atoms with E-state index in [0.29, 0.717) is 6.42 Å². The topological polar surface area (TPSA) is 43.1 Å². The first-order valence-corrected chi connectivity index (χ1v) is 5.14. The van der Waals surface area contributed by atoms with Crippen LogP contribution in [0.3, 0.4) is 0 Å². The van der Waals surface area contributed by atoms with Gasteiger partial charge in [0.05, 0.1) is 0 Å². The molecule has 1 atom stereocenters. The molecule has 0 aromatic heterocycles. The maximum absolute atomic E-state index is 11.6. The standard InChI is InChI=1S/C12H15NO/c1-2-8-3-4-9-10(7-8)11(13)5-6-12(9)14/h3-4,7,11H,2,5-6,13H2,1H3. The van der Waals surface area contributed by atoms with E-state index in [0.717, 1.165) is 24.0 Å². The van der Waals surface area contributed by atoms with Crippen LogP contribution in [-0.4, -0.2) is 5.78 Å². The van der Waals surface area contributed by atoms with Gasteiger partial charge in [-0.3, -0.25) is 4.79 Å². The SMILES string of the molecule is CCc1ccc2c(c1)C(N)CCC2=O. The Hall–Kier alpha value is -1.15. The fourth-order valence-electron chi connectivity index (χ4n) is 1.97. The Kier molecular flexibility index (Phi) is 2.38. The first-order chi connectivity index (χ1) is 6.72. The van der Waals surface area contributed by atoms with Gasteiger partial charge in [-0.2, -0.15) is 0 Å². The summed E-state index contributed by atoms with van der Waals surface area (Å²) in [5.74, 6) is 0.240. The molecule has 1 aliphatic rings. The highest BCUT2D eigenvalue weighted by atomic mass is 16.1. The maximum atomic E-state index is 11.6. The largest absolute Gasteiger partial charge is 0.324 e. The second kappa shape index (κ2) is 3.54. The molecule has 0 heterocycles. The minimum absolute atomic E-state index is 0.0502. The lowest BCUT2D eigenvalue weighted by Gasteiger charge is -2.21. The summed E-state index contributed by atoms with van der Waals surface area (Å²) in [5.41, 5.74) is 9.11. The number of hydrogen-bond donors (Lipinski definition) is 1. The summed E-state index contributed by atoms with van der Waals surface area (Å²) in [7, 11) is 0. The van der Waals surface area contributed by atoms with Gasteiger partial charge in [-0.1, -0.05) is 25.1 Å². The Morgan fingerprint density at radius 3 is 3.00 bits per heavy atom. The van der Waals surface area contributed by atoms with Crippen molar-refractivity contribution in [2.75, 3.05) is 0 Å². The molecule has 14 heavy (non-hydrogen) atoms. The lowest BCUT2D eigenvalue weighted by molar-refractivity contribution is 0.0967. The number of aryl methyl sites for hydroxylation is 1. The lowest BCUT2D eigenvalue weighted by atomic mass is 9.86.